The fourth-order valence-electron chi connectivity index (χ4n) is 2.46. The number of carbonyl (C=O) groups is 1. The summed E-state index contributed by atoms with van der Waals surface area (Å²) >= 11 is 0. The Hall–Kier alpha value is -0.450. The number of ether oxygens (including phenoxy) is 3. The molecule has 4 unspecified atom stereocenters. The van der Waals surface area contributed by atoms with Crippen molar-refractivity contribution in [1.82, 2.24) is 0 Å². The van der Waals surface area contributed by atoms with E-state index in [2.05, 4.69) is 0 Å². The van der Waals surface area contributed by atoms with Gasteiger partial charge in [0.25, 0.3) is 0 Å². The van der Waals surface area contributed by atoms with E-state index in [4.69, 9.17) is 14.2 Å². The minimum Gasteiger partial charge on any atom is -0.381 e. The van der Waals surface area contributed by atoms with Crippen LogP contribution in [-0.2, 0) is 19.0 Å². The van der Waals surface area contributed by atoms with Crippen LogP contribution in [0.3, 0.4) is 0 Å². The van der Waals surface area contributed by atoms with Gasteiger partial charge in [-0.25, -0.2) is 0 Å². The summed E-state index contributed by atoms with van der Waals surface area (Å²) in [5, 5.41) is 0. The average Bonchev–Trinajstić information content (AvgIpc) is 2.35. The van der Waals surface area contributed by atoms with Gasteiger partial charge in [-0.2, -0.15) is 0 Å². The Morgan fingerprint density at radius 1 is 1.00 bits per heavy atom. The van der Waals surface area contributed by atoms with Crippen LogP contribution in [0, 0.1) is 5.92 Å². The number of hydrogen-bond donors (Lipinski definition) is 0. The Labute approximate surface area is 97.2 Å². The summed E-state index contributed by atoms with van der Waals surface area (Å²) in [4.78, 5) is 11.8. The van der Waals surface area contributed by atoms with Crippen molar-refractivity contribution in [3.8, 4) is 0 Å². The lowest BCUT2D eigenvalue weighted by Gasteiger charge is -2.38. The van der Waals surface area contributed by atoms with Crippen LogP contribution >= 0.6 is 0 Å². The largest absolute Gasteiger partial charge is 0.381 e. The summed E-state index contributed by atoms with van der Waals surface area (Å²) in [6.45, 7) is 1.89. The Morgan fingerprint density at radius 3 is 1.94 bits per heavy atom. The molecule has 1 fully saturated rings. The topological polar surface area (TPSA) is 44.8 Å². The van der Waals surface area contributed by atoms with Gasteiger partial charge >= 0.3 is 0 Å². The van der Waals surface area contributed by atoms with Gasteiger partial charge in [0.1, 0.15) is 5.78 Å². The van der Waals surface area contributed by atoms with E-state index in [0.717, 1.165) is 6.42 Å². The van der Waals surface area contributed by atoms with Crippen molar-refractivity contribution in [1.29, 1.82) is 0 Å². The number of carbonyl (C=O) groups excluding carboxylic acids is 1. The third-order valence-electron chi connectivity index (χ3n) is 3.48. The van der Waals surface area contributed by atoms with Crippen LogP contribution in [0.5, 0.6) is 0 Å². The van der Waals surface area contributed by atoms with Gasteiger partial charge in [0, 0.05) is 40.1 Å². The number of hydrogen-bond acceptors (Lipinski definition) is 4. The van der Waals surface area contributed by atoms with E-state index in [-0.39, 0.29) is 30.0 Å². The molecule has 0 aromatic heterocycles. The van der Waals surface area contributed by atoms with Crippen LogP contribution in [0.2, 0.25) is 0 Å². The number of rotatable bonds is 5. The molecule has 0 aromatic rings. The average molecular weight is 230 g/mol. The summed E-state index contributed by atoms with van der Waals surface area (Å²) in [6, 6.07) is 0. The van der Waals surface area contributed by atoms with Crippen molar-refractivity contribution in [3.05, 3.63) is 0 Å². The highest BCUT2D eigenvalue weighted by Crippen LogP contribution is 2.31. The first-order valence-corrected chi connectivity index (χ1v) is 5.78. The number of methoxy groups -OCH3 is 3. The Morgan fingerprint density at radius 2 is 1.50 bits per heavy atom. The molecule has 94 valence electrons. The number of Topliss-reactive ketones (excluding diaryl/α,β-unsaturated/α-hetero) is 1. The Bertz CT molecular complexity index is 229. The standard InChI is InChI=1S/C12H22O4/c1-5-9(13)8-6-11(15-3)12(16-4)7-10(8)14-2/h8,10-12H,5-7H2,1-4H3. The van der Waals surface area contributed by atoms with Gasteiger partial charge < -0.3 is 14.2 Å². The van der Waals surface area contributed by atoms with E-state index >= 15 is 0 Å². The molecular weight excluding hydrogens is 208 g/mol. The first-order chi connectivity index (χ1) is 7.67. The van der Waals surface area contributed by atoms with Gasteiger partial charge in [-0.05, 0) is 6.42 Å². The maximum Gasteiger partial charge on any atom is 0.138 e. The van der Waals surface area contributed by atoms with Gasteiger partial charge in [0.2, 0.25) is 0 Å². The predicted molar refractivity (Wildman–Crippen MR) is 60.4 cm³/mol. The van der Waals surface area contributed by atoms with E-state index in [1.165, 1.54) is 0 Å². The molecule has 4 heteroatoms. The second-order valence-corrected chi connectivity index (χ2v) is 4.22. The lowest BCUT2D eigenvalue weighted by Crippen LogP contribution is -2.47. The third-order valence-corrected chi connectivity index (χ3v) is 3.48. The fourth-order valence-corrected chi connectivity index (χ4v) is 2.46. The molecule has 0 spiro atoms. The van der Waals surface area contributed by atoms with Crippen molar-refractivity contribution < 1.29 is 19.0 Å². The van der Waals surface area contributed by atoms with E-state index in [9.17, 15) is 4.79 Å². The summed E-state index contributed by atoms with van der Waals surface area (Å²) in [5.74, 6) is 0.204. The summed E-state index contributed by atoms with van der Waals surface area (Å²) in [7, 11) is 4.99. The molecule has 1 aliphatic rings. The first-order valence-electron chi connectivity index (χ1n) is 5.78. The quantitative estimate of drug-likeness (QED) is 0.716. The smallest absolute Gasteiger partial charge is 0.138 e. The van der Waals surface area contributed by atoms with Gasteiger partial charge in [-0.1, -0.05) is 6.92 Å². The van der Waals surface area contributed by atoms with Gasteiger partial charge in [0.15, 0.2) is 0 Å². The van der Waals surface area contributed by atoms with Crippen LogP contribution in [0.15, 0.2) is 0 Å². The molecule has 0 aromatic carbocycles. The molecule has 0 aliphatic heterocycles. The van der Waals surface area contributed by atoms with Crippen LogP contribution in [-0.4, -0.2) is 45.4 Å². The molecule has 0 N–H and O–H groups in total. The monoisotopic (exact) mass is 230 g/mol. The molecule has 1 saturated carbocycles. The zero-order valence-electron chi connectivity index (χ0n) is 10.6. The Balaban J connectivity index is 2.74. The third kappa shape index (κ3) is 2.81. The molecule has 1 rings (SSSR count). The van der Waals surface area contributed by atoms with E-state index in [0.29, 0.717) is 12.8 Å². The zero-order valence-corrected chi connectivity index (χ0v) is 10.6. The highest BCUT2D eigenvalue weighted by atomic mass is 16.5. The van der Waals surface area contributed by atoms with Gasteiger partial charge in [-0.15, -0.1) is 0 Å². The van der Waals surface area contributed by atoms with Crippen molar-refractivity contribution in [2.24, 2.45) is 5.92 Å². The van der Waals surface area contributed by atoms with Crippen molar-refractivity contribution in [2.75, 3.05) is 21.3 Å². The molecule has 4 atom stereocenters. The molecule has 16 heavy (non-hydrogen) atoms. The molecule has 0 heterocycles. The zero-order chi connectivity index (χ0) is 12.1. The maximum atomic E-state index is 11.8. The lowest BCUT2D eigenvalue weighted by atomic mass is 9.79. The number of ketones is 1. The Kier molecular flexibility index (Phi) is 5.38. The predicted octanol–water partition coefficient (Wildman–Crippen LogP) is 1.42. The SMILES string of the molecule is CCC(=O)C1CC(OC)C(OC)CC1OC. The second kappa shape index (κ2) is 6.33. The summed E-state index contributed by atoms with van der Waals surface area (Å²) < 4.78 is 16.1. The van der Waals surface area contributed by atoms with Crippen molar-refractivity contribution in [3.63, 3.8) is 0 Å². The molecule has 1 aliphatic carbocycles. The van der Waals surface area contributed by atoms with Crippen LogP contribution in [0.1, 0.15) is 26.2 Å². The minimum atomic E-state index is -0.0497. The van der Waals surface area contributed by atoms with Crippen molar-refractivity contribution in [2.45, 2.75) is 44.5 Å². The molecular formula is C12H22O4. The summed E-state index contributed by atoms with van der Waals surface area (Å²) in [5.41, 5.74) is 0. The molecule has 4 nitrogen and oxygen atoms in total. The van der Waals surface area contributed by atoms with E-state index in [1.807, 2.05) is 6.92 Å². The first kappa shape index (κ1) is 13.6. The highest BCUT2D eigenvalue weighted by molar-refractivity contribution is 5.81. The van der Waals surface area contributed by atoms with E-state index in [1.54, 1.807) is 21.3 Å². The highest BCUT2D eigenvalue weighted by Gasteiger charge is 2.40. The molecule has 0 saturated heterocycles. The molecule has 0 radical (unpaired) electrons. The molecule has 0 bridgehead atoms. The summed E-state index contributed by atoms with van der Waals surface area (Å²) in [6.07, 6.45) is 1.96. The van der Waals surface area contributed by atoms with Gasteiger partial charge in [0.05, 0.1) is 18.3 Å². The fraction of sp³-hybridized carbons (Fsp3) is 0.917. The van der Waals surface area contributed by atoms with Gasteiger partial charge in [-0.3, -0.25) is 4.79 Å². The second-order valence-electron chi connectivity index (χ2n) is 4.22. The maximum absolute atomic E-state index is 11.8. The minimum absolute atomic E-state index is 0.00287. The van der Waals surface area contributed by atoms with Crippen LogP contribution in [0.4, 0.5) is 0 Å². The lowest BCUT2D eigenvalue weighted by molar-refractivity contribution is -0.144. The van der Waals surface area contributed by atoms with Crippen molar-refractivity contribution >= 4 is 5.78 Å². The van der Waals surface area contributed by atoms with Crippen LogP contribution < -0.4 is 0 Å². The molecule has 0 amide bonds. The van der Waals surface area contributed by atoms with E-state index < -0.39 is 0 Å². The normalized spacial score (nSPS) is 35.0. The van der Waals surface area contributed by atoms with Crippen LogP contribution in [0.25, 0.3) is 0 Å².